The third kappa shape index (κ3) is 3.90. The zero-order chi connectivity index (χ0) is 18.2. The minimum Gasteiger partial charge on any atom is -0.306 e. The SMILES string of the molecule is C[C@H]1C[C@@H](N(CC2CCC2)S(=O)(=O)c2cc(Br)ccc2Br)CN1C#N. The molecule has 2 fully saturated rings. The van der Waals surface area contributed by atoms with Crippen LogP contribution in [0.25, 0.3) is 0 Å². The Morgan fingerprint density at radius 3 is 2.64 bits per heavy atom. The topological polar surface area (TPSA) is 64.4 Å². The van der Waals surface area contributed by atoms with Crippen LogP contribution in [0.2, 0.25) is 0 Å². The van der Waals surface area contributed by atoms with Gasteiger partial charge in [0.15, 0.2) is 6.19 Å². The van der Waals surface area contributed by atoms with Gasteiger partial charge in [-0.1, -0.05) is 22.4 Å². The molecule has 0 aromatic heterocycles. The second-order valence-electron chi connectivity index (χ2n) is 6.94. The molecule has 1 aliphatic heterocycles. The van der Waals surface area contributed by atoms with Crippen LogP contribution in [0.4, 0.5) is 0 Å². The van der Waals surface area contributed by atoms with Gasteiger partial charge in [0.25, 0.3) is 0 Å². The first-order valence-corrected chi connectivity index (χ1v) is 11.5. The van der Waals surface area contributed by atoms with Crippen molar-refractivity contribution in [2.24, 2.45) is 5.92 Å². The largest absolute Gasteiger partial charge is 0.306 e. The molecule has 0 N–H and O–H groups in total. The summed E-state index contributed by atoms with van der Waals surface area (Å²) in [6, 6.07) is 5.12. The highest BCUT2D eigenvalue weighted by Crippen LogP contribution is 2.35. The fourth-order valence-electron chi connectivity index (χ4n) is 3.53. The van der Waals surface area contributed by atoms with Crippen LogP contribution < -0.4 is 0 Å². The highest BCUT2D eigenvalue weighted by atomic mass is 79.9. The van der Waals surface area contributed by atoms with Gasteiger partial charge >= 0.3 is 0 Å². The highest BCUT2D eigenvalue weighted by molar-refractivity contribution is 9.11. The lowest BCUT2D eigenvalue weighted by Crippen LogP contribution is -2.45. The van der Waals surface area contributed by atoms with Gasteiger partial charge in [0.2, 0.25) is 10.0 Å². The average Bonchev–Trinajstić information content (AvgIpc) is 2.88. The van der Waals surface area contributed by atoms with Gasteiger partial charge in [0.1, 0.15) is 0 Å². The number of nitriles is 1. The standard InChI is InChI=1S/C17H21Br2N3O2S/c1-12-7-15(10-21(12)11-20)22(9-13-3-2-4-13)25(23,24)17-8-14(18)5-6-16(17)19/h5-6,8,12-13,15H,2-4,7,9-10H2,1H3/t12-,15+/m0/s1. The summed E-state index contributed by atoms with van der Waals surface area (Å²) in [4.78, 5) is 1.97. The maximum Gasteiger partial charge on any atom is 0.244 e. The zero-order valence-electron chi connectivity index (χ0n) is 14.0. The lowest BCUT2D eigenvalue weighted by Gasteiger charge is -2.35. The summed E-state index contributed by atoms with van der Waals surface area (Å²) in [5.41, 5.74) is 0. The Labute approximate surface area is 166 Å². The molecule has 1 aliphatic carbocycles. The van der Waals surface area contributed by atoms with Gasteiger partial charge in [-0.3, -0.25) is 0 Å². The maximum atomic E-state index is 13.4. The number of likely N-dealkylation sites (tertiary alicyclic amines) is 1. The number of benzene rings is 1. The average molecular weight is 491 g/mol. The molecule has 1 aromatic rings. The molecule has 0 unspecified atom stereocenters. The Balaban J connectivity index is 1.96. The predicted octanol–water partition coefficient (Wildman–Crippen LogP) is 3.95. The second kappa shape index (κ2) is 7.55. The summed E-state index contributed by atoms with van der Waals surface area (Å²) in [5.74, 6) is 0.423. The molecule has 3 rings (SSSR count). The van der Waals surface area contributed by atoms with Crippen LogP contribution >= 0.6 is 31.9 Å². The Morgan fingerprint density at radius 2 is 2.08 bits per heavy atom. The summed E-state index contributed by atoms with van der Waals surface area (Å²) >= 11 is 6.76. The Hall–Kier alpha value is -0.620. The lowest BCUT2D eigenvalue weighted by atomic mass is 9.85. The Morgan fingerprint density at radius 1 is 1.36 bits per heavy atom. The third-order valence-corrected chi connectivity index (χ3v) is 8.64. The van der Waals surface area contributed by atoms with Crippen molar-refractivity contribution < 1.29 is 8.42 Å². The summed E-state index contributed by atoms with van der Waals surface area (Å²) in [5, 5.41) is 9.27. The first-order chi connectivity index (χ1) is 11.8. The van der Waals surface area contributed by atoms with Crippen LogP contribution in [-0.2, 0) is 10.0 Å². The van der Waals surface area contributed by atoms with E-state index in [1.807, 2.05) is 13.0 Å². The van der Waals surface area contributed by atoms with Crippen molar-refractivity contribution >= 4 is 41.9 Å². The molecule has 1 heterocycles. The quantitative estimate of drug-likeness (QED) is 0.586. The van der Waals surface area contributed by atoms with Crippen molar-refractivity contribution in [2.75, 3.05) is 13.1 Å². The van der Waals surface area contributed by atoms with Gasteiger partial charge in [-0.2, -0.15) is 9.57 Å². The molecule has 2 aliphatic rings. The monoisotopic (exact) mass is 489 g/mol. The van der Waals surface area contributed by atoms with Crippen molar-refractivity contribution in [1.82, 2.24) is 9.21 Å². The fraction of sp³-hybridized carbons (Fsp3) is 0.588. The third-order valence-electron chi connectivity index (χ3n) is 5.23. The number of hydrogen-bond acceptors (Lipinski definition) is 4. The van der Waals surface area contributed by atoms with Crippen molar-refractivity contribution in [1.29, 1.82) is 5.26 Å². The molecule has 1 saturated carbocycles. The van der Waals surface area contributed by atoms with E-state index in [-0.39, 0.29) is 17.0 Å². The van der Waals surface area contributed by atoms with Crippen molar-refractivity contribution in [3.05, 3.63) is 27.1 Å². The molecular formula is C17H21Br2N3O2S. The van der Waals surface area contributed by atoms with Gasteiger partial charge in [0, 0.05) is 34.1 Å². The number of hydrogen-bond donors (Lipinski definition) is 0. The van der Waals surface area contributed by atoms with E-state index in [9.17, 15) is 13.7 Å². The van der Waals surface area contributed by atoms with E-state index in [0.29, 0.717) is 29.9 Å². The predicted molar refractivity (Wildman–Crippen MR) is 103 cm³/mol. The van der Waals surface area contributed by atoms with E-state index in [1.54, 1.807) is 21.3 Å². The number of halogens is 2. The van der Waals surface area contributed by atoms with E-state index in [4.69, 9.17) is 0 Å². The summed E-state index contributed by atoms with van der Waals surface area (Å²) < 4.78 is 29.8. The van der Waals surface area contributed by atoms with E-state index in [0.717, 1.165) is 17.3 Å². The first-order valence-electron chi connectivity index (χ1n) is 8.46. The number of nitrogens with zero attached hydrogens (tertiary/aromatic N) is 3. The molecule has 0 spiro atoms. The van der Waals surface area contributed by atoms with Crippen LogP contribution in [0.15, 0.2) is 32.0 Å². The first kappa shape index (κ1) is 19.2. The van der Waals surface area contributed by atoms with Gasteiger partial charge in [-0.05, 0) is 66.2 Å². The minimum absolute atomic E-state index is 0.0695. The van der Waals surface area contributed by atoms with Crippen molar-refractivity contribution in [3.8, 4) is 6.19 Å². The molecule has 136 valence electrons. The minimum atomic E-state index is -3.64. The molecule has 0 amide bonds. The zero-order valence-corrected chi connectivity index (χ0v) is 18.0. The fourth-order valence-corrected chi connectivity index (χ4v) is 6.69. The number of sulfonamides is 1. The van der Waals surface area contributed by atoms with Crippen LogP contribution in [0.1, 0.15) is 32.6 Å². The van der Waals surface area contributed by atoms with Crippen LogP contribution in [0.3, 0.4) is 0 Å². The molecule has 8 heteroatoms. The normalized spacial score (nSPS) is 24.4. The van der Waals surface area contributed by atoms with Gasteiger partial charge in [0.05, 0.1) is 4.90 Å². The summed E-state index contributed by atoms with van der Waals surface area (Å²) in [6.07, 6.45) is 6.20. The van der Waals surface area contributed by atoms with E-state index < -0.39 is 10.0 Å². The van der Waals surface area contributed by atoms with Crippen LogP contribution in [-0.4, -0.2) is 42.8 Å². The lowest BCUT2D eigenvalue weighted by molar-refractivity contribution is 0.213. The molecule has 2 atom stereocenters. The second-order valence-corrected chi connectivity index (χ2v) is 10.6. The molecule has 25 heavy (non-hydrogen) atoms. The molecule has 1 saturated heterocycles. The molecular weight excluding hydrogens is 470 g/mol. The highest BCUT2D eigenvalue weighted by Gasteiger charge is 2.41. The van der Waals surface area contributed by atoms with Gasteiger partial charge < -0.3 is 4.90 Å². The maximum absolute atomic E-state index is 13.4. The van der Waals surface area contributed by atoms with Gasteiger partial charge in [-0.15, -0.1) is 0 Å². The Kier molecular flexibility index (Phi) is 5.78. The van der Waals surface area contributed by atoms with E-state index in [1.165, 1.54) is 6.42 Å². The molecule has 5 nitrogen and oxygen atoms in total. The van der Waals surface area contributed by atoms with Crippen LogP contribution in [0, 0.1) is 17.4 Å². The summed E-state index contributed by atoms with van der Waals surface area (Å²) in [6.45, 7) is 2.99. The van der Waals surface area contributed by atoms with Crippen LogP contribution in [0.5, 0.6) is 0 Å². The molecule has 0 radical (unpaired) electrons. The Bertz CT molecular complexity index is 790. The summed E-state index contributed by atoms with van der Waals surface area (Å²) in [7, 11) is -3.64. The van der Waals surface area contributed by atoms with E-state index in [2.05, 4.69) is 38.1 Å². The van der Waals surface area contributed by atoms with Gasteiger partial charge in [-0.25, -0.2) is 8.42 Å². The van der Waals surface area contributed by atoms with Crippen molar-refractivity contribution in [3.63, 3.8) is 0 Å². The number of rotatable bonds is 5. The molecule has 0 bridgehead atoms. The smallest absolute Gasteiger partial charge is 0.244 e. The molecule has 1 aromatic carbocycles. The van der Waals surface area contributed by atoms with Crippen molar-refractivity contribution in [2.45, 2.75) is 49.6 Å². The van der Waals surface area contributed by atoms with E-state index >= 15 is 0 Å².